The highest BCUT2D eigenvalue weighted by atomic mass is 32.2. The summed E-state index contributed by atoms with van der Waals surface area (Å²) in [6.45, 7) is 9.08. The van der Waals surface area contributed by atoms with Crippen molar-refractivity contribution in [1.29, 1.82) is 0 Å². The van der Waals surface area contributed by atoms with Gasteiger partial charge in [0.2, 0.25) is 20.0 Å². The summed E-state index contributed by atoms with van der Waals surface area (Å²) >= 11 is 0. The summed E-state index contributed by atoms with van der Waals surface area (Å²) in [6, 6.07) is 4.47. The maximum absolute atomic E-state index is 12.7. The fourth-order valence-corrected chi connectivity index (χ4v) is 5.28. The average molecular weight is 429 g/mol. The molecule has 2 atom stereocenters. The molecule has 2 aromatic rings. The minimum absolute atomic E-state index is 0.0236. The summed E-state index contributed by atoms with van der Waals surface area (Å²) in [5.41, 5.74) is 1.05. The van der Waals surface area contributed by atoms with Crippen LogP contribution in [-0.4, -0.2) is 38.7 Å². The molecule has 0 aliphatic heterocycles. The molecule has 2 rings (SSSR count). The number of sulfonamides is 2. The van der Waals surface area contributed by atoms with Crippen LogP contribution in [0.2, 0.25) is 0 Å². The summed E-state index contributed by atoms with van der Waals surface area (Å²) in [7, 11) is -7.38. The van der Waals surface area contributed by atoms with Gasteiger partial charge in [-0.05, 0) is 51.3 Å². The van der Waals surface area contributed by atoms with Crippen LogP contribution >= 0.6 is 0 Å². The van der Waals surface area contributed by atoms with E-state index in [4.69, 9.17) is 0 Å². The van der Waals surface area contributed by atoms with Crippen molar-refractivity contribution >= 4 is 20.0 Å². The van der Waals surface area contributed by atoms with Crippen molar-refractivity contribution in [2.75, 3.05) is 0 Å². The number of aryl methyl sites for hydroxylation is 1. The summed E-state index contributed by atoms with van der Waals surface area (Å²) < 4.78 is 56.7. The van der Waals surface area contributed by atoms with E-state index < -0.39 is 20.0 Å². The van der Waals surface area contributed by atoms with Gasteiger partial charge >= 0.3 is 0 Å². The molecule has 1 aromatic heterocycles. The molecule has 2 N–H and O–H groups in total. The predicted molar refractivity (Wildman–Crippen MR) is 108 cm³/mol. The fraction of sp³-hybridized carbons (Fsp3) is 0.500. The molecule has 0 aliphatic rings. The van der Waals surface area contributed by atoms with Crippen LogP contribution < -0.4 is 9.44 Å². The van der Waals surface area contributed by atoms with Gasteiger partial charge in [0.1, 0.15) is 4.90 Å². The third-order valence-electron chi connectivity index (χ3n) is 4.53. The Kier molecular flexibility index (Phi) is 7.02. The molecule has 0 amide bonds. The lowest BCUT2D eigenvalue weighted by Gasteiger charge is -2.15. The van der Waals surface area contributed by atoms with Crippen LogP contribution in [0.25, 0.3) is 5.69 Å². The van der Waals surface area contributed by atoms with Crippen molar-refractivity contribution in [3.05, 3.63) is 36.2 Å². The highest BCUT2D eigenvalue weighted by Crippen LogP contribution is 2.21. The molecule has 0 unspecified atom stereocenters. The Labute approximate surface area is 167 Å². The molecule has 1 aromatic carbocycles. The van der Waals surface area contributed by atoms with Gasteiger partial charge in [0.15, 0.2) is 0 Å². The molecule has 0 spiro atoms. The van der Waals surface area contributed by atoms with Crippen molar-refractivity contribution in [3.8, 4) is 5.69 Å². The number of rotatable bonds is 9. The Morgan fingerprint density at radius 1 is 1.00 bits per heavy atom. The zero-order valence-electron chi connectivity index (χ0n) is 16.8. The summed E-state index contributed by atoms with van der Waals surface area (Å²) in [5, 5.41) is 4.10. The Balaban J connectivity index is 2.40. The Bertz CT molecular complexity index is 1030. The number of benzene rings is 1. The molecule has 156 valence electrons. The molecule has 0 fully saturated rings. The Hall–Kier alpha value is -1.75. The number of nitrogens with zero attached hydrogens (tertiary/aromatic N) is 2. The molecule has 0 aliphatic carbocycles. The van der Waals surface area contributed by atoms with Crippen molar-refractivity contribution in [2.24, 2.45) is 0 Å². The van der Waals surface area contributed by atoms with Crippen molar-refractivity contribution in [3.63, 3.8) is 0 Å². The SMILES string of the molecule is CC[C@H](C)NS(=O)(=O)c1cnn(-c2ccc(C)c(S(=O)(=O)N[C@@H](C)CC)c2)c1. The minimum Gasteiger partial charge on any atom is -0.240 e. The first-order valence-electron chi connectivity index (χ1n) is 9.20. The van der Waals surface area contributed by atoms with Crippen molar-refractivity contribution < 1.29 is 16.8 Å². The van der Waals surface area contributed by atoms with Crippen LogP contribution in [0.4, 0.5) is 0 Å². The van der Waals surface area contributed by atoms with E-state index in [1.54, 1.807) is 32.9 Å². The minimum atomic E-state index is -3.70. The summed E-state index contributed by atoms with van der Waals surface area (Å²) in [4.78, 5) is 0.165. The fourth-order valence-electron chi connectivity index (χ4n) is 2.43. The smallest absolute Gasteiger partial charge is 0.240 e. The molecule has 1 heterocycles. The van der Waals surface area contributed by atoms with Crippen molar-refractivity contribution in [2.45, 2.75) is 69.3 Å². The first-order chi connectivity index (χ1) is 13.0. The van der Waals surface area contributed by atoms with E-state index in [1.165, 1.54) is 23.1 Å². The highest BCUT2D eigenvalue weighted by Gasteiger charge is 2.22. The molecule has 28 heavy (non-hydrogen) atoms. The van der Waals surface area contributed by atoms with Gasteiger partial charge in [0, 0.05) is 12.1 Å². The van der Waals surface area contributed by atoms with Crippen LogP contribution in [0.3, 0.4) is 0 Å². The lowest BCUT2D eigenvalue weighted by Crippen LogP contribution is -2.32. The van der Waals surface area contributed by atoms with Gasteiger partial charge in [0.25, 0.3) is 0 Å². The number of aromatic nitrogens is 2. The standard InChI is InChI=1S/C18H28N4O4S2/c1-6-14(4)20-27(23,24)17-11-19-22(12-17)16-9-8-13(3)18(10-16)28(25,26)21-15(5)7-2/h8-12,14-15,20-21H,6-7H2,1-5H3/t14-,15-/m0/s1. The van der Waals surface area contributed by atoms with E-state index in [0.29, 0.717) is 24.1 Å². The van der Waals surface area contributed by atoms with E-state index in [2.05, 4.69) is 14.5 Å². The van der Waals surface area contributed by atoms with Gasteiger partial charge in [-0.15, -0.1) is 0 Å². The second-order valence-electron chi connectivity index (χ2n) is 6.93. The normalized spacial score (nSPS) is 14.8. The summed E-state index contributed by atoms with van der Waals surface area (Å²) in [5.74, 6) is 0. The molecule has 0 bridgehead atoms. The second-order valence-corrected chi connectivity index (χ2v) is 10.3. The van der Waals surface area contributed by atoms with Gasteiger partial charge in [-0.3, -0.25) is 0 Å². The summed E-state index contributed by atoms with van der Waals surface area (Å²) in [6.07, 6.45) is 3.95. The monoisotopic (exact) mass is 428 g/mol. The molecule has 0 saturated carbocycles. The molecule has 0 saturated heterocycles. The molecule has 0 radical (unpaired) electrons. The average Bonchev–Trinajstić information content (AvgIpc) is 3.12. The molecular formula is C18H28N4O4S2. The van der Waals surface area contributed by atoms with Gasteiger partial charge in [-0.1, -0.05) is 19.9 Å². The number of nitrogens with one attached hydrogen (secondary N) is 2. The lowest BCUT2D eigenvalue weighted by atomic mass is 10.2. The van der Waals surface area contributed by atoms with Gasteiger partial charge in [-0.2, -0.15) is 5.10 Å². The third kappa shape index (κ3) is 5.19. The first-order valence-corrected chi connectivity index (χ1v) is 12.2. The number of hydrogen-bond acceptors (Lipinski definition) is 5. The lowest BCUT2D eigenvalue weighted by molar-refractivity contribution is 0.553. The van der Waals surface area contributed by atoms with Crippen LogP contribution in [0.5, 0.6) is 0 Å². The van der Waals surface area contributed by atoms with E-state index in [9.17, 15) is 16.8 Å². The first kappa shape index (κ1) is 22.5. The van der Waals surface area contributed by atoms with Crippen LogP contribution in [-0.2, 0) is 20.0 Å². The predicted octanol–water partition coefficient (Wildman–Crippen LogP) is 2.33. The maximum Gasteiger partial charge on any atom is 0.243 e. The number of hydrogen-bond donors (Lipinski definition) is 2. The zero-order chi connectivity index (χ0) is 21.1. The third-order valence-corrected chi connectivity index (χ3v) is 7.81. The van der Waals surface area contributed by atoms with Gasteiger partial charge in [-0.25, -0.2) is 31.0 Å². The van der Waals surface area contributed by atoms with E-state index in [0.717, 1.165) is 0 Å². The zero-order valence-corrected chi connectivity index (χ0v) is 18.4. The van der Waals surface area contributed by atoms with E-state index in [1.807, 2.05) is 13.8 Å². The quantitative estimate of drug-likeness (QED) is 0.637. The Morgan fingerprint density at radius 2 is 1.57 bits per heavy atom. The van der Waals surface area contributed by atoms with Crippen LogP contribution in [0, 0.1) is 6.92 Å². The second kappa shape index (κ2) is 8.73. The van der Waals surface area contributed by atoms with Crippen LogP contribution in [0.15, 0.2) is 40.4 Å². The van der Waals surface area contributed by atoms with Gasteiger partial charge in [0.05, 0.1) is 23.0 Å². The maximum atomic E-state index is 12.7. The van der Waals surface area contributed by atoms with Crippen molar-refractivity contribution in [1.82, 2.24) is 19.2 Å². The Morgan fingerprint density at radius 3 is 2.14 bits per heavy atom. The molecular weight excluding hydrogens is 400 g/mol. The van der Waals surface area contributed by atoms with Crippen LogP contribution in [0.1, 0.15) is 46.1 Å². The topological polar surface area (TPSA) is 110 Å². The van der Waals surface area contributed by atoms with Gasteiger partial charge < -0.3 is 0 Å². The highest BCUT2D eigenvalue weighted by molar-refractivity contribution is 7.89. The molecule has 8 nitrogen and oxygen atoms in total. The molecule has 10 heteroatoms. The van der Waals surface area contributed by atoms with E-state index >= 15 is 0 Å². The largest absolute Gasteiger partial charge is 0.243 e. The van der Waals surface area contributed by atoms with E-state index in [-0.39, 0.29) is 21.9 Å².